The molecule has 17 heavy (non-hydrogen) atoms. The number of ether oxygens (including phenoxy) is 1. The lowest BCUT2D eigenvalue weighted by Crippen LogP contribution is -1.93. The fourth-order valence-electron chi connectivity index (χ4n) is 2.63. The second kappa shape index (κ2) is 9.94. The summed E-state index contributed by atoms with van der Waals surface area (Å²) in [5, 5.41) is 0. The summed E-state index contributed by atoms with van der Waals surface area (Å²) in [6.45, 7) is 4.53. The maximum atomic E-state index is 5.63. The summed E-state index contributed by atoms with van der Waals surface area (Å²) in [6, 6.07) is 0. The van der Waals surface area contributed by atoms with Gasteiger partial charge in [0.15, 0.2) is 0 Å². The average Bonchev–Trinajstić information content (AvgIpc) is 3.06. The van der Waals surface area contributed by atoms with Crippen molar-refractivity contribution in [1.82, 2.24) is 0 Å². The number of hydrogen-bond acceptors (Lipinski definition) is 1. The van der Waals surface area contributed by atoms with Crippen LogP contribution in [0.15, 0.2) is 0 Å². The molecule has 1 saturated heterocycles. The topological polar surface area (TPSA) is 12.5 Å². The third-order valence-corrected chi connectivity index (χ3v) is 3.85. The van der Waals surface area contributed by atoms with E-state index in [-0.39, 0.29) is 0 Å². The molecule has 0 saturated carbocycles. The van der Waals surface area contributed by atoms with E-state index in [1.807, 2.05) is 0 Å². The molecular formula is C16H32O. The van der Waals surface area contributed by atoms with Crippen LogP contribution in [0.5, 0.6) is 0 Å². The van der Waals surface area contributed by atoms with Gasteiger partial charge in [0.2, 0.25) is 0 Å². The van der Waals surface area contributed by atoms with Gasteiger partial charge in [-0.2, -0.15) is 0 Å². The van der Waals surface area contributed by atoms with E-state index in [4.69, 9.17) is 4.74 Å². The lowest BCUT2D eigenvalue weighted by Gasteiger charge is -2.01. The molecule has 1 heteroatoms. The lowest BCUT2D eigenvalue weighted by molar-refractivity contribution is 0.350. The molecule has 0 aromatic heterocycles. The molecule has 102 valence electrons. The molecule has 1 aliphatic heterocycles. The Morgan fingerprint density at radius 3 is 1.71 bits per heavy atom. The van der Waals surface area contributed by atoms with Gasteiger partial charge < -0.3 is 4.74 Å². The van der Waals surface area contributed by atoms with Crippen molar-refractivity contribution in [3.63, 3.8) is 0 Å². The Hall–Kier alpha value is -0.0400. The van der Waals surface area contributed by atoms with E-state index in [0.29, 0.717) is 12.2 Å². The SMILES string of the molecule is CCCCCCCCCCCC1OC1CCC. The second-order valence-corrected chi connectivity index (χ2v) is 5.62. The molecule has 1 fully saturated rings. The maximum Gasteiger partial charge on any atom is 0.0841 e. The molecule has 0 aromatic carbocycles. The first kappa shape index (κ1) is 15.0. The number of rotatable bonds is 12. The Morgan fingerprint density at radius 2 is 1.12 bits per heavy atom. The maximum absolute atomic E-state index is 5.63. The van der Waals surface area contributed by atoms with Crippen molar-refractivity contribution in [2.45, 2.75) is 103 Å². The van der Waals surface area contributed by atoms with Crippen LogP contribution in [-0.4, -0.2) is 12.2 Å². The molecular weight excluding hydrogens is 208 g/mol. The van der Waals surface area contributed by atoms with Gasteiger partial charge in [-0.1, -0.05) is 78.1 Å². The van der Waals surface area contributed by atoms with Crippen LogP contribution in [0.2, 0.25) is 0 Å². The minimum Gasteiger partial charge on any atom is -0.370 e. The number of hydrogen-bond donors (Lipinski definition) is 0. The Bertz CT molecular complexity index is 167. The van der Waals surface area contributed by atoms with Crippen LogP contribution in [0.3, 0.4) is 0 Å². The third-order valence-electron chi connectivity index (χ3n) is 3.85. The summed E-state index contributed by atoms with van der Waals surface area (Å²) in [4.78, 5) is 0. The van der Waals surface area contributed by atoms with E-state index >= 15 is 0 Å². The molecule has 2 unspecified atom stereocenters. The van der Waals surface area contributed by atoms with Crippen LogP contribution in [0.1, 0.15) is 90.9 Å². The summed E-state index contributed by atoms with van der Waals surface area (Å²) in [6.07, 6.45) is 18.0. The van der Waals surface area contributed by atoms with E-state index in [1.165, 1.54) is 77.0 Å². The van der Waals surface area contributed by atoms with Crippen LogP contribution in [0.25, 0.3) is 0 Å². The minimum atomic E-state index is 0.633. The molecule has 0 N–H and O–H groups in total. The van der Waals surface area contributed by atoms with Gasteiger partial charge in [0, 0.05) is 0 Å². The molecule has 0 aromatic rings. The summed E-state index contributed by atoms with van der Waals surface area (Å²) in [7, 11) is 0. The second-order valence-electron chi connectivity index (χ2n) is 5.62. The number of epoxide rings is 1. The Balaban J connectivity index is 1.71. The quantitative estimate of drug-likeness (QED) is 0.325. The van der Waals surface area contributed by atoms with Crippen LogP contribution in [0.4, 0.5) is 0 Å². The standard InChI is InChI=1S/C16H32O/c1-3-5-6-7-8-9-10-11-12-14-16-15(17-16)13-4-2/h15-16H,3-14H2,1-2H3. The zero-order valence-electron chi connectivity index (χ0n) is 12.0. The summed E-state index contributed by atoms with van der Waals surface area (Å²) in [5.74, 6) is 0. The van der Waals surface area contributed by atoms with Gasteiger partial charge in [0.1, 0.15) is 0 Å². The molecule has 0 radical (unpaired) electrons. The molecule has 0 bridgehead atoms. The largest absolute Gasteiger partial charge is 0.370 e. The molecule has 1 rings (SSSR count). The Morgan fingerprint density at radius 1 is 0.588 bits per heavy atom. The van der Waals surface area contributed by atoms with Crippen LogP contribution >= 0.6 is 0 Å². The van der Waals surface area contributed by atoms with E-state index < -0.39 is 0 Å². The zero-order valence-corrected chi connectivity index (χ0v) is 12.0. The lowest BCUT2D eigenvalue weighted by atomic mass is 10.0. The van der Waals surface area contributed by atoms with Crippen molar-refractivity contribution in [2.75, 3.05) is 0 Å². The highest BCUT2D eigenvalue weighted by Crippen LogP contribution is 2.30. The highest BCUT2D eigenvalue weighted by molar-refractivity contribution is 4.83. The predicted octanol–water partition coefficient (Wildman–Crippen LogP) is 5.47. The molecule has 0 aliphatic carbocycles. The molecule has 2 atom stereocenters. The van der Waals surface area contributed by atoms with Gasteiger partial charge >= 0.3 is 0 Å². The monoisotopic (exact) mass is 240 g/mol. The van der Waals surface area contributed by atoms with Crippen molar-refractivity contribution >= 4 is 0 Å². The summed E-state index contributed by atoms with van der Waals surface area (Å²) >= 11 is 0. The Labute approximate surface area is 108 Å². The van der Waals surface area contributed by atoms with E-state index in [0.717, 1.165) is 0 Å². The highest BCUT2D eigenvalue weighted by Gasteiger charge is 2.36. The Kier molecular flexibility index (Phi) is 8.78. The average molecular weight is 240 g/mol. The van der Waals surface area contributed by atoms with Gasteiger partial charge in [0.05, 0.1) is 12.2 Å². The molecule has 0 spiro atoms. The summed E-state index contributed by atoms with van der Waals surface area (Å²) in [5.41, 5.74) is 0. The third kappa shape index (κ3) is 7.81. The van der Waals surface area contributed by atoms with Gasteiger partial charge in [-0.05, 0) is 12.8 Å². The fraction of sp³-hybridized carbons (Fsp3) is 1.00. The van der Waals surface area contributed by atoms with Crippen molar-refractivity contribution in [3.05, 3.63) is 0 Å². The first-order chi connectivity index (χ1) is 8.38. The molecule has 1 aliphatic rings. The van der Waals surface area contributed by atoms with Crippen LogP contribution in [-0.2, 0) is 4.74 Å². The molecule has 1 heterocycles. The molecule has 1 nitrogen and oxygen atoms in total. The highest BCUT2D eigenvalue weighted by atomic mass is 16.6. The number of unbranched alkanes of at least 4 members (excludes halogenated alkanes) is 8. The van der Waals surface area contributed by atoms with Crippen LogP contribution in [0, 0.1) is 0 Å². The van der Waals surface area contributed by atoms with Gasteiger partial charge in [-0.25, -0.2) is 0 Å². The van der Waals surface area contributed by atoms with Crippen molar-refractivity contribution in [2.24, 2.45) is 0 Å². The van der Waals surface area contributed by atoms with Gasteiger partial charge in [-0.3, -0.25) is 0 Å². The molecule has 0 amide bonds. The van der Waals surface area contributed by atoms with Gasteiger partial charge in [-0.15, -0.1) is 0 Å². The van der Waals surface area contributed by atoms with E-state index in [2.05, 4.69) is 13.8 Å². The zero-order chi connectivity index (χ0) is 12.3. The van der Waals surface area contributed by atoms with Crippen molar-refractivity contribution in [3.8, 4) is 0 Å². The van der Waals surface area contributed by atoms with Crippen molar-refractivity contribution < 1.29 is 4.74 Å². The smallest absolute Gasteiger partial charge is 0.0841 e. The minimum absolute atomic E-state index is 0.633. The van der Waals surface area contributed by atoms with Gasteiger partial charge in [0.25, 0.3) is 0 Å². The normalized spacial score (nSPS) is 22.9. The predicted molar refractivity (Wildman–Crippen MR) is 75.4 cm³/mol. The fourth-order valence-corrected chi connectivity index (χ4v) is 2.63. The first-order valence-corrected chi connectivity index (χ1v) is 8.04. The van der Waals surface area contributed by atoms with Crippen LogP contribution < -0.4 is 0 Å². The van der Waals surface area contributed by atoms with Crippen molar-refractivity contribution in [1.29, 1.82) is 0 Å². The van der Waals surface area contributed by atoms with E-state index in [1.54, 1.807) is 0 Å². The first-order valence-electron chi connectivity index (χ1n) is 8.04. The summed E-state index contributed by atoms with van der Waals surface area (Å²) < 4.78 is 5.63. The van der Waals surface area contributed by atoms with E-state index in [9.17, 15) is 0 Å².